The lowest BCUT2D eigenvalue weighted by molar-refractivity contribution is -0.130. The van der Waals surface area contributed by atoms with Crippen molar-refractivity contribution in [2.75, 3.05) is 19.7 Å². The molecule has 1 amide bonds. The summed E-state index contributed by atoms with van der Waals surface area (Å²) in [5, 5.41) is 4.43. The van der Waals surface area contributed by atoms with Gasteiger partial charge in [0.25, 0.3) is 0 Å². The highest BCUT2D eigenvalue weighted by molar-refractivity contribution is 6.31. The van der Waals surface area contributed by atoms with Gasteiger partial charge >= 0.3 is 0 Å². The Balaban J connectivity index is 0.00000304. The fraction of sp³-hybridized carbons (Fsp3) is 0.567. The molecule has 2 heterocycles. The standard InChI is InChI=1S/C30H39ClN2O2.ClH/c31-29-21-24(23-11-13-28(14-12-23)35-18-15-26-6-1-2-16-32-26)9-10-25(29)19-22-5-3-7-27(20-22)33-17-4-8-30(33)34;/h9-14,21-22,26-27,32H,1-8,15-20H2;1H. The van der Waals surface area contributed by atoms with E-state index in [2.05, 4.69) is 52.7 Å². The molecule has 3 atom stereocenters. The highest BCUT2D eigenvalue weighted by Gasteiger charge is 2.32. The topological polar surface area (TPSA) is 41.6 Å². The van der Waals surface area contributed by atoms with E-state index in [-0.39, 0.29) is 12.4 Å². The molecule has 1 aliphatic carbocycles. The first-order valence-electron chi connectivity index (χ1n) is 13.7. The van der Waals surface area contributed by atoms with Gasteiger partial charge in [-0.1, -0.05) is 48.7 Å². The fourth-order valence-corrected chi connectivity index (χ4v) is 6.48. The molecule has 3 unspecified atom stereocenters. The van der Waals surface area contributed by atoms with Gasteiger partial charge in [0.05, 0.1) is 6.61 Å². The van der Waals surface area contributed by atoms with Crippen LogP contribution in [0.5, 0.6) is 5.75 Å². The maximum atomic E-state index is 12.2. The zero-order valence-electron chi connectivity index (χ0n) is 21.2. The van der Waals surface area contributed by atoms with Gasteiger partial charge in [-0.15, -0.1) is 12.4 Å². The van der Waals surface area contributed by atoms with Crippen LogP contribution in [0.3, 0.4) is 0 Å². The molecule has 2 aliphatic heterocycles. The van der Waals surface area contributed by atoms with Crippen molar-refractivity contribution in [1.29, 1.82) is 0 Å². The van der Waals surface area contributed by atoms with Gasteiger partial charge in [-0.3, -0.25) is 4.79 Å². The van der Waals surface area contributed by atoms with Crippen LogP contribution in [-0.2, 0) is 11.2 Å². The highest BCUT2D eigenvalue weighted by atomic mass is 35.5. The minimum absolute atomic E-state index is 0. The minimum Gasteiger partial charge on any atom is -0.494 e. The van der Waals surface area contributed by atoms with Gasteiger partial charge in [0.15, 0.2) is 0 Å². The van der Waals surface area contributed by atoms with Crippen LogP contribution in [0.25, 0.3) is 11.1 Å². The third-order valence-electron chi connectivity index (χ3n) is 8.20. The van der Waals surface area contributed by atoms with E-state index in [0.717, 1.165) is 80.1 Å². The Hall–Kier alpha value is -1.75. The van der Waals surface area contributed by atoms with Crippen molar-refractivity contribution in [2.45, 2.75) is 82.7 Å². The van der Waals surface area contributed by atoms with E-state index >= 15 is 0 Å². The van der Waals surface area contributed by atoms with Gasteiger partial charge in [0, 0.05) is 30.1 Å². The Morgan fingerprint density at radius 2 is 1.81 bits per heavy atom. The van der Waals surface area contributed by atoms with Crippen LogP contribution >= 0.6 is 24.0 Å². The Morgan fingerprint density at radius 1 is 0.972 bits per heavy atom. The fourth-order valence-electron chi connectivity index (χ4n) is 6.22. The van der Waals surface area contributed by atoms with E-state index in [1.807, 2.05) is 0 Å². The quantitative estimate of drug-likeness (QED) is 0.396. The van der Waals surface area contributed by atoms with E-state index in [0.29, 0.717) is 23.9 Å². The Morgan fingerprint density at radius 3 is 2.53 bits per heavy atom. The molecule has 6 heteroatoms. The number of rotatable bonds is 8. The van der Waals surface area contributed by atoms with Crippen LogP contribution < -0.4 is 10.1 Å². The summed E-state index contributed by atoms with van der Waals surface area (Å²) in [7, 11) is 0. The number of hydrogen-bond donors (Lipinski definition) is 1. The van der Waals surface area contributed by atoms with Crippen molar-refractivity contribution in [3.63, 3.8) is 0 Å². The van der Waals surface area contributed by atoms with Crippen LogP contribution in [0, 0.1) is 5.92 Å². The first-order valence-corrected chi connectivity index (χ1v) is 14.1. The van der Waals surface area contributed by atoms with E-state index in [1.165, 1.54) is 37.7 Å². The van der Waals surface area contributed by atoms with Gasteiger partial charge in [-0.25, -0.2) is 0 Å². The second-order valence-corrected chi connectivity index (χ2v) is 11.1. The lowest BCUT2D eigenvalue weighted by Crippen LogP contribution is -2.39. The molecule has 4 nitrogen and oxygen atoms in total. The molecule has 2 aromatic rings. The Bertz CT molecular complexity index is 991. The number of hydrogen-bond acceptors (Lipinski definition) is 3. The zero-order valence-corrected chi connectivity index (χ0v) is 22.8. The number of likely N-dealkylation sites (tertiary alicyclic amines) is 1. The van der Waals surface area contributed by atoms with Gasteiger partial charge in [-0.05, 0) is 98.7 Å². The average Bonchev–Trinajstić information content (AvgIpc) is 3.32. The number of halogens is 2. The molecule has 196 valence electrons. The third kappa shape index (κ3) is 6.96. The van der Waals surface area contributed by atoms with Crippen LogP contribution in [0.15, 0.2) is 42.5 Å². The predicted octanol–water partition coefficient (Wildman–Crippen LogP) is 7.06. The lowest BCUT2D eigenvalue weighted by atomic mass is 9.81. The summed E-state index contributed by atoms with van der Waals surface area (Å²) in [4.78, 5) is 14.3. The molecule has 3 fully saturated rings. The monoisotopic (exact) mass is 530 g/mol. The third-order valence-corrected chi connectivity index (χ3v) is 8.55. The number of benzene rings is 2. The first kappa shape index (κ1) is 27.3. The summed E-state index contributed by atoms with van der Waals surface area (Å²) < 4.78 is 5.99. The summed E-state index contributed by atoms with van der Waals surface area (Å²) in [6.45, 7) is 2.85. The van der Waals surface area contributed by atoms with E-state index < -0.39 is 0 Å². The number of ether oxygens (including phenoxy) is 1. The molecule has 5 rings (SSSR count). The largest absolute Gasteiger partial charge is 0.494 e. The SMILES string of the molecule is Cl.O=C1CCCN1C1CCCC(Cc2ccc(-c3ccc(OCCC4CCCCN4)cc3)cc2Cl)C1. The zero-order chi connectivity index (χ0) is 24.0. The maximum Gasteiger partial charge on any atom is 0.222 e. The summed E-state index contributed by atoms with van der Waals surface area (Å²) in [6, 6.07) is 15.9. The van der Waals surface area contributed by atoms with E-state index in [9.17, 15) is 4.79 Å². The van der Waals surface area contributed by atoms with Gasteiger partial charge in [-0.2, -0.15) is 0 Å². The van der Waals surface area contributed by atoms with Crippen LogP contribution in [0.4, 0.5) is 0 Å². The van der Waals surface area contributed by atoms with Gasteiger partial charge < -0.3 is 15.0 Å². The molecule has 1 saturated carbocycles. The van der Waals surface area contributed by atoms with Crippen LogP contribution in [-0.4, -0.2) is 42.6 Å². The van der Waals surface area contributed by atoms with Crippen molar-refractivity contribution in [2.24, 2.45) is 5.92 Å². The molecular formula is C30H40Cl2N2O2. The van der Waals surface area contributed by atoms with Crippen LogP contribution in [0.2, 0.25) is 5.02 Å². The average molecular weight is 532 g/mol. The van der Waals surface area contributed by atoms with Crippen LogP contribution in [0.1, 0.15) is 69.8 Å². The molecule has 2 aromatic carbocycles. The summed E-state index contributed by atoms with van der Waals surface area (Å²) in [6.07, 6.45) is 12.4. The molecular weight excluding hydrogens is 491 g/mol. The number of nitrogens with one attached hydrogen (secondary N) is 1. The molecule has 0 radical (unpaired) electrons. The summed E-state index contributed by atoms with van der Waals surface area (Å²) in [5.41, 5.74) is 3.52. The number of piperidine rings is 1. The number of carbonyl (C=O) groups excluding carboxylic acids is 1. The Labute approximate surface area is 227 Å². The van der Waals surface area contributed by atoms with Crippen molar-refractivity contribution in [3.8, 4) is 16.9 Å². The molecule has 0 bridgehead atoms. The van der Waals surface area contributed by atoms with Gasteiger partial charge in [0.2, 0.25) is 5.91 Å². The highest BCUT2D eigenvalue weighted by Crippen LogP contribution is 2.35. The van der Waals surface area contributed by atoms with Crippen molar-refractivity contribution in [1.82, 2.24) is 10.2 Å². The summed E-state index contributed by atoms with van der Waals surface area (Å²) >= 11 is 6.76. The number of nitrogens with zero attached hydrogens (tertiary/aromatic N) is 1. The summed E-state index contributed by atoms with van der Waals surface area (Å²) in [5.74, 6) is 1.89. The normalized spacial score (nSPS) is 24.4. The van der Waals surface area contributed by atoms with Crippen molar-refractivity contribution < 1.29 is 9.53 Å². The number of carbonyl (C=O) groups is 1. The minimum atomic E-state index is 0. The second kappa shape index (κ2) is 13.2. The van der Waals surface area contributed by atoms with E-state index in [1.54, 1.807) is 0 Å². The smallest absolute Gasteiger partial charge is 0.222 e. The molecule has 3 aliphatic rings. The first-order chi connectivity index (χ1) is 17.2. The van der Waals surface area contributed by atoms with Gasteiger partial charge in [0.1, 0.15) is 5.75 Å². The second-order valence-electron chi connectivity index (χ2n) is 10.7. The molecule has 2 saturated heterocycles. The maximum absolute atomic E-state index is 12.2. The molecule has 0 aromatic heterocycles. The Kier molecular flexibility index (Phi) is 9.98. The predicted molar refractivity (Wildman–Crippen MR) is 150 cm³/mol. The molecule has 1 N–H and O–H groups in total. The molecule has 36 heavy (non-hydrogen) atoms. The number of amides is 1. The van der Waals surface area contributed by atoms with Crippen molar-refractivity contribution in [3.05, 3.63) is 53.1 Å². The molecule has 0 spiro atoms. The lowest BCUT2D eigenvalue weighted by Gasteiger charge is -2.35. The van der Waals surface area contributed by atoms with E-state index in [4.69, 9.17) is 16.3 Å². The van der Waals surface area contributed by atoms with Crippen molar-refractivity contribution >= 4 is 29.9 Å².